The molecule has 0 heterocycles. The monoisotopic (exact) mass is 306 g/mol. The van der Waals surface area contributed by atoms with Crippen LogP contribution in [0.3, 0.4) is 0 Å². The average molecular weight is 306 g/mol. The number of hydrogen-bond donors (Lipinski definition) is 2. The first kappa shape index (κ1) is 16.6. The van der Waals surface area contributed by atoms with Gasteiger partial charge in [0.2, 0.25) is 0 Å². The number of phenolic OH excluding ortho intramolecular Hbond substituents is 1. The molecule has 0 radical (unpaired) electrons. The minimum atomic E-state index is -0.253. The van der Waals surface area contributed by atoms with Gasteiger partial charge in [-0.05, 0) is 32.0 Å². The summed E-state index contributed by atoms with van der Waals surface area (Å²) in [5.74, 6) is 0.223. The third-order valence-electron chi connectivity index (χ3n) is 4.40. The van der Waals surface area contributed by atoms with Crippen LogP contribution in [0, 0.1) is 0 Å². The van der Waals surface area contributed by atoms with E-state index < -0.39 is 0 Å². The number of methoxy groups -OCH3 is 1. The molecular formula is C17H26N2O3. The maximum absolute atomic E-state index is 12.1. The third kappa shape index (κ3) is 4.37. The van der Waals surface area contributed by atoms with Crippen molar-refractivity contribution in [3.05, 3.63) is 23.8 Å². The summed E-state index contributed by atoms with van der Waals surface area (Å²) < 4.78 is 5.01. The number of hydrogen-bond acceptors (Lipinski definition) is 4. The number of likely N-dealkylation sites (N-methyl/N-ethyl adjacent to an activating group) is 1. The summed E-state index contributed by atoms with van der Waals surface area (Å²) in [6, 6.07) is 5.33. The molecule has 0 spiro atoms. The highest BCUT2D eigenvalue weighted by Crippen LogP contribution is 2.23. The summed E-state index contributed by atoms with van der Waals surface area (Å²) in [5, 5.41) is 12.7. The molecule has 1 saturated carbocycles. The Morgan fingerprint density at radius 3 is 2.73 bits per heavy atom. The molecule has 5 heteroatoms. The van der Waals surface area contributed by atoms with Gasteiger partial charge in [-0.25, -0.2) is 0 Å². The number of amides is 1. The first-order valence-corrected chi connectivity index (χ1v) is 7.97. The number of carbonyl (C=O) groups is 1. The Morgan fingerprint density at radius 1 is 1.36 bits per heavy atom. The van der Waals surface area contributed by atoms with Crippen molar-refractivity contribution in [3.8, 4) is 11.5 Å². The van der Waals surface area contributed by atoms with Gasteiger partial charge in [-0.15, -0.1) is 0 Å². The van der Waals surface area contributed by atoms with Crippen molar-refractivity contribution in [2.75, 3.05) is 27.2 Å². The van der Waals surface area contributed by atoms with Crippen molar-refractivity contribution in [2.24, 2.45) is 0 Å². The van der Waals surface area contributed by atoms with Crippen LogP contribution < -0.4 is 10.1 Å². The largest absolute Gasteiger partial charge is 0.507 e. The molecule has 1 aromatic rings. The number of nitrogens with one attached hydrogen (secondary N) is 1. The fourth-order valence-corrected chi connectivity index (χ4v) is 2.98. The second kappa shape index (κ2) is 8.03. The van der Waals surface area contributed by atoms with Crippen molar-refractivity contribution >= 4 is 5.91 Å². The van der Waals surface area contributed by atoms with Crippen molar-refractivity contribution in [1.29, 1.82) is 0 Å². The number of ether oxygens (including phenoxy) is 1. The normalized spacial score (nSPS) is 15.8. The van der Waals surface area contributed by atoms with Gasteiger partial charge in [0.05, 0.1) is 12.7 Å². The highest BCUT2D eigenvalue weighted by molar-refractivity contribution is 5.96. The predicted octanol–water partition coefficient (Wildman–Crippen LogP) is 2.40. The van der Waals surface area contributed by atoms with Crippen molar-refractivity contribution in [3.63, 3.8) is 0 Å². The van der Waals surface area contributed by atoms with Crippen LogP contribution in [0.1, 0.15) is 42.5 Å². The number of phenols is 1. The summed E-state index contributed by atoms with van der Waals surface area (Å²) in [7, 11) is 3.64. The molecule has 1 fully saturated rings. The molecule has 22 heavy (non-hydrogen) atoms. The fourth-order valence-electron chi connectivity index (χ4n) is 2.98. The smallest absolute Gasteiger partial charge is 0.255 e. The first-order valence-electron chi connectivity index (χ1n) is 7.97. The van der Waals surface area contributed by atoms with E-state index in [0.29, 0.717) is 18.3 Å². The van der Waals surface area contributed by atoms with Crippen LogP contribution in [-0.4, -0.2) is 49.2 Å². The van der Waals surface area contributed by atoms with Gasteiger partial charge in [-0.1, -0.05) is 19.3 Å². The number of rotatable bonds is 6. The highest BCUT2D eigenvalue weighted by atomic mass is 16.5. The topological polar surface area (TPSA) is 61.8 Å². The van der Waals surface area contributed by atoms with Crippen LogP contribution in [-0.2, 0) is 0 Å². The van der Waals surface area contributed by atoms with Crippen molar-refractivity contribution in [2.45, 2.75) is 38.1 Å². The summed E-state index contributed by atoms with van der Waals surface area (Å²) in [4.78, 5) is 14.4. The van der Waals surface area contributed by atoms with Gasteiger partial charge in [0.25, 0.3) is 5.91 Å². The Kier molecular flexibility index (Phi) is 6.07. The van der Waals surface area contributed by atoms with E-state index in [1.807, 2.05) is 0 Å². The Bertz CT molecular complexity index is 499. The van der Waals surface area contributed by atoms with Gasteiger partial charge in [-0.2, -0.15) is 0 Å². The zero-order valence-electron chi connectivity index (χ0n) is 13.5. The third-order valence-corrected chi connectivity index (χ3v) is 4.40. The zero-order chi connectivity index (χ0) is 15.9. The summed E-state index contributed by atoms with van der Waals surface area (Å²) in [6.45, 7) is 1.41. The van der Waals surface area contributed by atoms with E-state index in [-0.39, 0.29) is 17.2 Å². The molecule has 1 aliphatic carbocycles. The Balaban J connectivity index is 1.80. The molecule has 1 aromatic carbocycles. The van der Waals surface area contributed by atoms with Crippen LogP contribution in [0.5, 0.6) is 11.5 Å². The molecule has 0 unspecified atom stereocenters. The molecule has 0 bridgehead atoms. The number of benzene rings is 1. The molecule has 2 rings (SSSR count). The van der Waals surface area contributed by atoms with E-state index in [4.69, 9.17) is 4.74 Å². The van der Waals surface area contributed by atoms with E-state index in [2.05, 4.69) is 17.3 Å². The lowest BCUT2D eigenvalue weighted by Gasteiger charge is -2.31. The molecule has 0 saturated heterocycles. The predicted molar refractivity (Wildman–Crippen MR) is 86.5 cm³/mol. The van der Waals surface area contributed by atoms with E-state index in [1.165, 1.54) is 45.3 Å². The molecule has 122 valence electrons. The quantitative estimate of drug-likeness (QED) is 0.847. The van der Waals surface area contributed by atoms with Crippen LogP contribution >= 0.6 is 0 Å². The van der Waals surface area contributed by atoms with Gasteiger partial charge in [0.1, 0.15) is 11.5 Å². The Hall–Kier alpha value is -1.75. The maximum Gasteiger partial charge on any atom is 0.255 e. The van der Waals surface area contributed by atoms with E-state index in [1.54, 1.807) is 12.1 Å². The summed E-state index contributed by atoms with van der Waals surface area (Å²) in [6.07, 6.45) is 6.47. The molecular weight excluding hydrogens is 280 g/mol. The van der Waals surface area contributed by atoms with Crippen LogP contribution in [0.25, 0.3) is 0 Å². The van der Waals surface area contributed by atoms with Crippen molar-refractivity contribution in [1.82, 2.24) is 10.2 Å². The van der Waals surface area contributed by atoms with E-state index in [9.17, 15) is 9.90 Å². The van der Waals surface area contributed by atoms with Gasteiger partial charge in [0.15, 0.2) is 0 Å². The number of carbonyl (C=O) groups excluding carboxylic acids is 1. The molecule has 1 amide bonds. The average Bonchev–Trinajstić information content (AvgIpc) is 2.55. The number of nitrogens with zero attached hydrogens (tertiary/aromatic N) is 1. The molecule has 5 nitrogen and oxygen atoms in total. The Morgan fingerprint density at radius 2 is 2.09 bits per heavy atom. The van der Waals surface area contributed by atoms with Crippen molar-refractivity contribution < 1.29 is 14.6 Å². The molecule has 2 N–H and O–H groups in total. The van der Waals surface area contributed by atoms with Crippen LogP contribution in [0.2, 0.25) is 0 Å². The SMILES string of the molecule is COc1ccc(C(=O)NCCN(C)C2CCCCC2)c(O)c1. The van der Waals surface area contributed by atoms with E-state index >= 15 is 0 Å². The van der Waals surface area contributed by atoms with Gasteiger partial charge in [-0.3, -0.25) is 4.79 Å². The molecule has 0 atom stereocenters. The Labute approximate surface area is 132 Å². The van der Waals surface area contributed by atoms with Crippen LogP contribution in [0.15, 0.2) is 18.2 Å². The molecule has 1 aliphatic rings. The standard InChI is InChI=1S/C17H26N2O3/c1-19(13-6-4-3-5-7-13)11-10-18-17(21)15-9-8-14(22-2)12-16(15)20/h8-9,12-13,20H,3-7,10-11H2,1-2H3,(H,18,21). The van der Waals surface area contributed by atoms with E-state index in [0.717, 1.165) is 6.54 Å². The lowest BCUT2D eigenvalue weighted by Crippen LogP contribution is -2.39. The second-order valence-corrected chi connectivity index (χ2v) is 5.91. The van der Waals surface area contributed by atoms with Gasteiger partial charge in [0, 0.05) is 25.2 Å². The highest BCUT2D eigenvalue weighted by Gasteiger charge is 2.18. The fraction of sp³-hybridized carbons (Fsp3) is 0.588. The summed E-state index contributed by atoms with van der Waals surface area (Å²) >= 11 is 0. The zero-order valence-corrected chi connectivity index (χ0v) is 13.5. The lowest BCUT2D eigenvalue weighted by atomic mass is 9.94. The molecule has 0 aromatic heterocycles. The van der Waals surface area contributed by atoms with Gasteiger partial charge >= 0.3 is 0 Å². The first-order chi connectivity index (χ1) is 10.6. The lowest BCUT2D eigenvalue weighted by molar-refractivity contribution is 0.0942. The molecule has 0 aliphatic heterocycles. The maximum atomic E-state index is 12.1. The second-order valence-electron chi connectivity index (χ2n) is 5.91. The minimum Gasteiger partial charge on any atom is -0.507 e. The van der Waals surface area contributed by atoms with Gasteiger partial charge < -0.3 is 20.1 Å². The summed E-state index contributed by atoms with van der Waals surface area (Å²) in [5.41, 5.74) is 0.279. The minimum absolute atomic E-state index is 0.0579. The van der Waals surface area contributed by atoms with Crippen LogP contribution in [0.4, 0.5) is 0 Å². The number of aromatic hydroxyl groups is 1.